The Bertz CT molecular complexity index is 1170. The Hall–Kier alpha value is -3.14. The molecule has 0 radical (unpaired) electrons. The number of imide groups is 1. The molecule has 0 unspecified atom stereocenters. The van der Waals surface area contributed by atoms with Crippen molar-refractivity contribution in [2.24, 2.45) is 0 Å². The second-order valence-corrected chi connectivity index (χ2v) is 6.81. The highest BCUT2D eigenvalue weighted by Gasteiger charge is 2.34. The summed E-state index contributed by atoms with van der Waals surface area (Å²) in [5.41, 5.74) is -0.874. The first-order valence-electron chi connectivity index (χ1n) is 7.72. The number of thioether (sulfide) groups is 1. The van der Waals surface area contributed by atoms with Gasteiger partial charge in [0.25, 0.3) is 11.1 Å². The van der Waals surface area contributed by atoms with E-state index in [0.717, 1.165) is 6.07 Å². The predicted molar refractivity (Wildman–Crippen MR) is 93.5 cm³/mol. The molecule has 0 bridgehead atoms. The Balaban J connectivity index is 1.82. The summed E-state index contributed by atoms with van der Waals surface area (Å²) in [6.07, 6.45) is -0.761. The lowest BCUT2D eigenvalue weighted by Crippen LogP contribution is -2.17. The van der Waals surface area contributed by atoms with Gasteiger partial charge in [0, 0.05) is 29.4 Å². The molecule has 28 heavy (non-hydrogen) atoms. The number of nitrogens with zero attached hydrogens (tertiary/aromatic N) is 1. The number of fused-ring (bicyclic) bond motifs is 1. The number of carbonyl (C=O) groups excluding carboxylic acids is 2. The summed E-state index contributed by atoms with van der Waals surface area (Å²) in [7, 11) is 0. The highest BCUT2D eigenvalue weighted by molar-refractivity contribution is 8.18. The van der Waals surface area contributed by atoms with Gasteiger partial charge in [-0.1, -0.05) is 6.07 Å². The molecule has 4 rings (SSSR count). The van der Waals surface area contributed by atoms with Crippen LogP contribution in [0, 0.1) is 5.82 Å². The highest BCUT2D eigenvalue weighted by atomic mass is 32.2. The van der Waals surface area contributed by atoms with Gasteiger partial charge in [-0.25, -0.2) is 4.39 Å². The lowest BCUT2D eigenvalue weighted by molar-refractivity contribution is -0.140. The Labute approximate surface area is 158 Å². The van der Waals surface area contributed by atoms with Gasteiger partial charge in [0.2, 0.25) is 0 Å². The molecule has 1 aliphatic heterocycles. The maximum absolute atomic E-state index is 13.6. The van der Waals surface area contributed by atoms with E-state index in [2.05, 4.69) is 10.3 Å². The Kier molecular flexibility index (Phi) is 4.22. The Morgan fingerprint density at radius 2 is 1.93 bits per heavy atom. The van der Waals surface area contributed by atoms with Crippen LogP contribution in [0.3, 0.4) is 0 Å². The molecule has 1 saturated heterocycles. The van der Waals surface area contributed by atoms with E-state index < -0.39 is 28.7 Å². The summed E-state index contributed by atoms with van der Waals surface area (Å²) >= 11 is 0.705. The number of alkyl halides is 3. The first kappa shape index (κ1) is 18.2. The zero-order valence-corrected chi connectivity index (χ0v) is 14.5. The van der Waals surface area contributed by atoms with Gasteiger partial charge in [0.05, 0.1) is 10.5 Å². The number of hydrogen-bond acceptors (Lipinski definition) is 5. The predicted octanol–water partition coefficient (Wildman–Crippen LogP) is 4.98. The normalized spacial score (nSPS) is 16.2. The van der Waals surface area contributed by atoms with E-state index >= 15 is 0 Å². The molecular weight excluding hydrogens is 400 g/mol. The average molecular weight is 408 g/mol. The minimum Gasteiger partial charge on any atom is -0.456 e. The molecule has 0 spiro atoms. The van der Waals surface area contributed by atoms with Crippen LogP contribution in [-0.4, -0.2) is 16.1 Å². The Morgan fingerprint density at radius 1 is 1.14 bits per heavy atom. The monoisotopic (exact) mass is 408 g/mol. The molecule has 142 valence electrons. The number of pyridine rings is 1. The first-order chi connectivity index (χ1) is 13.2. The molecule has 0 atom stereocenters. The summed E-state index contributed by atoms with van der Waals surface area (Å²) in [5.74, 6) is -1.73. The molecule has 10 heteroatoms. The molecule has 2 aromatic heterocycles. The molecule has 3 heterocycles. The summed E-state index contributed by atoms with van der Waals surface area (Å²) in [4.78, 5) is 27.0. The number of amides is 2. The van der Waals surface area contributed by atoms with Crippen molar-refractivity contribution in [3.05, 3.63) is 58.7 Å². The van der Waals surface area contributed by atoms with Gasteiger partial charge in [-0.15, -0.1) is 0 Å². The molecule has 3 aromatic rings. The summed E-state index contributed by atoms with van der Waals surface area (Å²) in [6, 6.07) is 4.14. The number of hydrogen-bond donors (Lipinski definition) is 1. The van der Waals surface area contributed by atoms with E-state index in [-0.39, 0.29) is 27.4 Å². The average Bonchev–Trinajstić information content (AvgIpc) is 3.16. The number of furan rings is 1. The van der Waals surface area contributed by atoms with Crippen LogP contribution in [0.25, 0.3) is 28.2 Å². The van der Waals surface area contributed by atoms with E-state index in [9.17, 15) is 27.2 Å². The number of halogens is 4. The standard InChI is InChI=1S/C18H8F4N2O3S/c19-13-2-1-8(4-12(13)18(20,21)22)11-7-23-6-9-3-10(27-15(9)11)5-14-16(25)24-17(26)28-14/h1-7H,(H,24,25,26)/b14-5+. The zero-order chi connectivity index (χ0) is 20.1. The molecule has 1 aliphatic rings. The van der Waals surface area contributed by atoms with E-state index in [1.54, 1.807) is 0 Å². The maximum Gasteiger partial charge on any atom is 0.419 e. The Morgan fingerprint density at radius 3 is 2.61 bits per heavy atom. The molecule has 1 fully saturated rings. The van der Waals surface area contributed by atoms with Crippen molar-refractivity contribution in [2.75, 3.05) is 0 Å². The maximum atomic E-state index is 13.6. The number of nitrogens with one attached hydrogen (secondary N) is 1. The smallest absolute Gasteiger partial charge is 0.419 e. The topological polar surface area (TPSA) is 72.2 Å². The van der Waals surface area contributed by atoms with Crippen LogP contribution >= 0.6 is 11.8 Å². The van der Waals surface area contributed by atoms with Gasteiger partial charge in [0.15, 0.2) is 0 Å². The van der Waals surface area contributed by atoms with E-state index in [1.807, 2.05) is 0 Å². The van der Waals surface area contributed by atoms with E-state index in [4.69, 9.17) is 4.42 Å². The van der Waals surface area contributed by atoms with Crippen LogP contribution in [-0.2, 0) is 11.0 Å². The van der Waals surface area contributed by atoms with Crippen molar-refractivity contribution in [1.29, 1.82) is 0 Å². The minimum absolute atomic E-state index is 0.0727. The second-order valence-electron chi connectivity index (χ2n) is 5.80. The quantitative estimate of drug-likeness (QED) is 0.479. The molecule has 0 saturated carbocycles. The number of aromatic nitrogens is 1. The number of carbonyl (C=O) groups is 2. The molecule has 1 N–H and O–H groups in total. The number of benzene rings is 1. The lowest BCUT2D eigenvalue weighted by atomic mass is 10.0. The third kappa shape index (κ3) is 3.26. The summed E-state index contributed by atoms with van der Waals surface area (Å²) in [5, 5.41) is 2.06. The largest absolute Gasteiger partial charge is 0.456 e. The van der Waals surface area contributed by atoms with E-state index in [0.29, 0.717) is 23.2 Å². The van der Waals surface area contributed by atoms with Crippen molar-refractivity contribution in [3.8, 4) is 11.1 Å². The van der Waals surface area contributed by atoms with Crippen molar-refractivity contribution in [3.63, 3.8) is 0 Å². The zero-order valence-electron chi connectivity index (χ0n) is 13.6. The fourth-order valence-electron chi connectivity index (χ4n) is 2.72. The fraction of sp³-hybridized carbons (Fsp3) is 0.0556. The highest BCUT2D eigenvalue weighted by Crippen LogP contribution is 2.37. The first-order valence-corrected chi connectivity index (χ1v) is 8.53. The summed E-state index contributed by atoms with van der Waals surface area (Å²) < 4.78 is 58.2. The molecule has 1 aromatic carbocycles. The van der Waals surface area contributed by atoms with Crippen molar-refractivity contribution in [2.45, 2.75) is 6.18 Å². The van der Waals surface area contributed by atoms with Crippen LogP contribution in [0.1, 0.15) is 11.3 Å². The van der Waals surface area contributed by atoms with Crippen LogP contribution in [0.15, 0.2) is 46.0 Å². The minimum atomic E-state index is -4.85. The van der Waals surface area contributed by atoms with Crippen molar-refractivity contribution < 1.29 is 31.6 Å². The van der Waals surface area contributed by atoms with Crippen LogP contribution in [0.4, 0.5) is 22.4 Å². The lowest BCUT2D eigenvalue weighted by Gasteiger charge is -2.10. The van der Waals surface area contributed by atoms with Crippen molar-refractivity contribution >= 4 is 40.0 Å². The number of rotatable bonds is 2. The molecule has 0 aliphatic carbocycles. The molecular formula is C18H8F4N2O3S. The third-order valence-corrected chi connectivity index (χ3v) is 4.75. The van der Waals surface area contributed by atoms with Gasteiger partial charge >= 0.3 is 6.18 Å². The third-order valence-electron chi connectivity index (χ3n) is 3.94. The van der Waals surface area contributed by atoms with Gasteiger partial charge in [0.1, 0.15) is 17.2 Å². The van der Waals surface area contributed by atoms with Gasteiger partial charge in [-0.05, 0) is 35.5 Å². The molecule has 5 nitrogen and oxygen atoms in total. The van der Waals surface area contributed by atoms with Crippen LogP contribution in [0.5, 0.6) is 0 Å². The fourth-order valence-corrected chi connectivity index (χ4v) is 3.38. The van der Waals surface area contributed by atoms with Gasteiger partial charge in [-0.2, -0.15) is 13.2 Å². The van der Waals surface area contributed by atoms with Gasteiger partial charge < -0.3 is 4.42 Å². The van der Waals surface area contributed by atoms with Gasteiger partial charge in [-0.3, -0.25) is 19.9 Å². The second kappa shape index (κ2) is 6.48. The summed E-state index contributed by atoms with van der Waals surface area (Å²) in [6.45, 7) is 0. The van der Waals surface area contributed by atoms with Crippen LogP contribution in [0.2, 0.25) is 0 Å². The van der Waals surface area contributed by atoms with E-state index in [1.165, 1.54) is 30.6 Å². The SMILES string of the molecule is O=C1NC(=O)/C(=C\c2cc3cncc(-c4ccc(F)c(C(F)(F)F)c4)c3o2)S1. The van der Waals surface area contributed by atoms with Crippen molar-refractivity contribution in [1.82, 2.24) is 10.3 Å². The molecule has 2 amide bonds. The van der Waals surface area contributed by atoms with Crippen LogP contribution < -0.4 is 5.32 Å².